The Kier molecular flexibility index (Phi) is 4.63. The predicted molar refractivity (Wildman–Crippen MR) is 86.2 cm³/mol. The van der Waals surface area contributed by atoms with Gasteiger partial charge in [-0.15, -0.1) is 0 Å². The SMILES string of the molecule is O=C(Nc1ccc(NC(=O)[C@H]2CCCO2)cc1)c1cccnc1. The van der Waals surface area contributed by atoms with Gasteiger partial charge in [-0.1, -0.05) is 0 Å². The maximum Gasteiger partial charge on any atom is 0.257 e. The Bertz CT molecular complexity index is 680. The van der Waals surface area contributed by atoms with Crippen molar-refractivity contribution < 1.29 is 14.3 Å². The Morgan fingerprint density at radius 3 is 2.43 bits per heavy atom. The summed E-state index contributed by atoms with van der Waals surface area (Å²) in [6.07, 6.45) is 4.43. The van der Waals surface area contributed by atoms with E-state index in [2.05, 4.69) is 15.6 Å². The molecule has 0 bridgehead atoms. The minimum Gasteiger partial charge on any atom is -0.368 e. The van der Waals surface area contributed by atoms with Gasteiger partial charge in [-0.3, -0.25) is 14.6 Å². The van der Waals surface area contributed by atoms with Crippen LogP contribution in [0.4, 0.5) is 11.4 Å². The number of nitrogens with one attached hydrogen (secondary N) is 2. The molecule has 118 valence electrons. The first-order chi connectivity index (χ1) is 11.2. The Hall–Kier alpha value is -2.73. The zero-order chi connectivity index (χ0) is 16.1. The average molecular weight is 311 g/mol. The molecule has 1 fully saturated rings. The summed E-state index contributed by atoms with van der Waals surface area (Å²) < 4.78 is 5.34. The van der Waals surface area contributed by atoms with Crippen LogP contribution in [0.1, 0.15) is 23.2 Å². The second-order valence-corrected chi connectivity index (χ2v) is 5.26. The van der Waals surface area contributed by atoms with E-state index in [1.807, 2.05) is 0 Å². The normalized spacial score (nSPS) is 16.8. The van der Waals surface area contributed by atoms with Gasteiger partial charge in [-0.25, -0.2) is 0 Å². The lowest BCUT2D eigenvalue weighted by Crippen LogP contribution is -2.26. The number of amides is 2. The molecule has 0 saturated carbocycles. The van der Waals surface area contributed by atoms with Crippen LogP contribution in [0.3, 0.4) is 0 Å². The topological polar surface area (TPSA) is 80.3 Å². The number of nitrogens with zero attached hydrogens (tertiary/aromatic N) is 1. The van der Waals surface area contributed by atoms with E-state index >= 15 is 0 Å². The van der Waals surface area contributed by atoms with E-state index in [9.17, 15) is 9.59 Å². The lowest BCUT2D eigenvalue weighted by atomic mass is 10.2. The molecule has 0 aliphatic carbocycles. The molecule has 3 rings (SSSR count). The monoisotopic (exact) mass is 311 g/mol. The van der Waals surface area contributed by atoms with Crippen molar-refractivity contribution in [2.45, 2.75) is 18.9 Å². The van der Waals surface area contributed by atoms with Gasteiger partial charge in [-0.05, 0) is 49.2 Å². The van der Waals surface area contributed by atoms with Crippen LogP contribution < -0.4 is 10.6 Å². The van der Waals surface area contributed by atoms with Crippen molar-refractivity contribution in [3.05, 3.63) is 54.4 Å². The van der Waals surface area contributed by atoms with Crippen LogP contribution in [0, 0.1) is 0 Å². The largest absolute Gasteiger partial charge is 0.368 e. The molecule has 0 unspecified atom stereocenters. The van der Waals surface area contributed by atoms with Gasteiger partial charge in [0.2, 0.25) is 0 Å². The van der Waals surface area contributed by atoms with E-state index in [0.29, 0.717) is 23.5 Å². The molecule has 0 spiro atoms. The Balaban J connectivity index is 1.58. The molecule has 2 amide bonds. The number of carbonyl (C=O) groups excluding carboxylic acids is 2. The fraction of sp³-hybridized carbons (Fsp3) is 0.235. The Morgan fingerprint density at radius 1 is 1.09 bits per heavy atom. The van der Waals surface area contributed by atoms with Crippen molar-refractivity contribution in [2.75, 3.05) is 17.2 Å². The second-order valence-electron chi connectivity index (χ2n) is 5.26. The number of hydrogen-bond donors (Lipinski definition) is 2. The summed E-state index contributed by atoms with van der Waals surface area (Å²) in [6, 6.07) is 10.4. The summed E-state index contributed by atoms with van der Waals surface area (Å²) in [6.45, 7) is 0.636. The molecule has 2 heterocycles. The van der Waals surface area contributed by atoms with Crippen LogP contribution in [-0.2, 0) is 9.53 Å². The zero-order valence-corrected chi connectivity index (χ0v) is 12.5. The first kappa shape index (κ1) is 15.2. The van der Waals surface area contributed by atoms with E-state index in [4.69, 9.17) is 4.74 Å². The molecule has 1 aromatic carbocycles. The minimum absolute atomic E-state index is 0.130. The third-order valence-electron chi connectivity index (χ3n) is 3.56. The Morgan fingerprint density at radius 2 is 1.83 bits per heavy atom. The second kappa shape index (κ2) is 7.02. The third-order valence-corrected chi connectivity index (χ3v) is 3.56. The average Bonchev–Trinajstić information content (AvgIpc) is 3.12. The lowest BCUT2D eigenvalue weighted by Gasteiger charge is -2.11. The number of benzene rings is 1. The van der Waals surface area contributed by atoms with Crippen molar-refractivity contribution in [3.8, 4) is 0 Å². The highest BCUT2D eigenvalue weighted by atomic mass is 16.5. The molecule has 1 saturated heterocycles. The molecule has 2 N–H and O–H groups in total. The van der Waals surface area contributed by atoms with Gasteiger partial charge in [-0.2, -0.15) is 0 Å². The molecule has 2 aromatic rings. The maximum absolute atomic E-state index is 12.0. The first-order valence-electron chi connectivity index (χ1n) is 7.46. The number of rotatable bonds is 4. The van der Waals surface area contributed by atoms with E-state index in [1.54, 1.807) is 42.6 Å². The fourth-order valence-corrected chi connectivity index (χ4v) is 2.34. The summed E-state index contributed by atoms with van der Waals surface area (Å²) in [7, 11) is 0. The molecule has 1 aliphatic heterocycles. The van der Waals surface area contributed by atoms with Gasteiger partial charge in [0, 0.05) is 30.4 Å². The number of carbonyl (C=O) groups is 2. The molecule has 23 heavy (non-hydrogen) atoms. The summed E-state index contributed by atoms with van der Waals surface area (Å²) in [5, 5.41) is 5.59. The van der Waals surface area contributed by atoms with Gasteiger partial charge < -0.3 is 15.4 Å². The number of ether oxygens (including phenoxy) is 1. The smallest absolute Gasteiger partial charge is 0.257 e. The van der Waals surface area contributed by atoms with Crippen molar-refractivity contribution in [3.63, 3.8) is 0 Å². The summed E-state index contributed by atoms with van der Waals surface area (Å²) in [5.74, 6) is -0.358. The molecule has 6 heteroatoms. The van der Waals surface area contributed by atoms with Gasteiger partial charge in [0.15, 0.2) is 0 Å². The molecule has 0 radical (unpaired) electrons. The fourth-order valence-electron chi connectivity index (χ4n) is 2.34. The first-order valence-corrected chi connectivity index (χ1v) is 7.46. The van der Waals surface area contributed by atoms with Gasteiger partial charge >= 0.3 is 0 Å². The molecule has 1 aliphatic rings. The predicted octanol–water partition coefficient (Wildman–Crippen LogP) is 2.45. The van der Waals surface area contributed by atoms with Crippen LogP contribution in [0.15, 0.2) is 48.8 Å². The molecule has 6 nitrogen and oxygen atoms in total. The van der Waals surface area contributed by atoms with Gasteiger partial charge in [0.05, 0.1) is 5.56 Å². The molecule has 1 aromatic heterocycles. The van der Waals surface area contributed by atoms with Crippen LogP contribution in [0.2, 0.25) is 0 Å². The van der Waals surface area contributed by atoms with Crippen molar-refractivity contribution in [1.82, 2.24) is 4.98 Å². The van der Waals surface area contributed by atoms with E-state index in [1.165, 1.54) is 6.20 Å². The lowest BCUT2D eigenvalue weighted by molar-refractivity contribution is -0.124. The quantitative estimate of drug-likeness (QED) is 0.909. The van der Waals surface area contributed by atoms with Crippen LogP contribution in [-0.4, -0.2) is 29.5 Å². The molecular weight excluding hydrogens is 294 g/mol. The number of anilines is 2. The minimum atomic E-state index is -0.361. The van der Waals surface area contributed by atoms with Crippen molar-refractivity contribution >= 4 is 23.2 Å². The Labute approximate surface area is 133 Å². The van der Waals surface area contributed by atoms with Crippen LogP contribution in [0.25, 0.3) is 0 Å². The van der Waals surface area contributed by atoms with E-state index < -0.39 is 0 Å². The van der Waals surface area contributed by atoms with Crippen LogP contribution >= 0.6 is 0 Å². The van der Waals surface area contributed by atoms with Crippen molar-refractivity contribution in [1.29, 1.82) is 0 Å². The number of pyridine rings is 1. The zero-order valence-electron chi connectivity index (χ0n) is 12.5. The highest BCUT2D eigenvalue weighted by Crippen LogP contribution is 2.17. The van der Waals surface area contributed by atoms with Crippen molar-refractivity contribution in [2.24, 2.45) is 0 Å². The molecule has 1 atom stereocenters. The summed E-state index contributed by atoms with van der Waals surface area (Å²) in [5.41, 5.74) is 1.81. The number of hydrogen-bond acceptors (Lipinski definition) is 4. The summed E-state index contributed by atoms with van der Waals surface area (Å²) in [4.78, 5) is 27.9. The highest BCUT2D eigenvalue weighted by molar-refractivity contribution is 6.04. The summed E-state index contributed by atoms with van der Waals surface area (Å²) >= 11 is 0. The maximum atomic E-state index is 12.0. The van der Waals surface area contributed by atoms with Crippen LogP contribution in [0.5, 0.6) is 0 Å². The van der Waals surface area contributed by atoms with Gasteiger partial charge in [0.1, 0.15) is 6.10 Å². The van der Waals surface area contributed by atoms with E-state index in [0.717, 1.165) is 12.8 Å². The third kappa shape index (κ3) is 3.92. The number of aromatic nitrogens is 1. The van der Waals surface area contributed by atoms with E-state index in [-0.39, 0.29) is 17.9 Å². The molecular formula is C17H17N3O3. The standard InChI is InChI=1S/C17H17N3O3/c21-16(12-3-1-9-18-11-12)19-13-5-7-14(8-6-13)20-17(22)15-4-2-10-23-15/h1,3,5-9,11,15H,2,4,10H2,(H,19,21)(H,20,22)/t15-/m1/s1. The van der Waals surface area contributed by atoms with Gasteiger partial charge in [0.25, 0.3) is 11.8 Å². The highest BCUT2D eigenvalue weighted by Gasteiger charge is 2.23.